The second-order valence-corrected chi connectivity index (χ2v) is 4.75. The minimum absolute atomic E-state index is 0.0917. The Morgan fingerprint density at radius 1 is 1.47 bits per heavy atom. The summed E-state index contributed by atoms with van der Waals surface area (Å²) < 4.78 is 5.50. The third-order valence-corrected chi connectivity index (χ3v) is 3.58. The Labute approximate surface area is 95.7 Å². The van der Waals surface area contributed by atoms with E-state index in [1.165, 1.54) is 0 Å². The van der Waals surface area contributed by atoms with Crippen LogP contribution in [0.25, 0.3) is 0 Å². The van der Waals surface area contributed by atoms with E-state index < -0.39 is 0 Å². The molecule has 3 nitrogen and oxygen atoms in total. The molecule has 0 fully saturated rings. The van der Waals surface area contributed by atoms with E-state index in [-0.39, 0.29) is 12.1 Å². The summed E-state index contributed by atoms with van der Waals surface area (Å²) in [6.45, 7) is 8.86. The Morgan fingerprint density at radius 3 is 2.67 bits per heavy atom. The number of thiazole rings is 1. The van der Waals surface area contributed by atoms with Gasteiger partial charge in [-0.3, -0.25) is 0 Å². The molecule has 2 N–H and O–H groups in total. The number of nitrogens with two attached hydrogens (primary N) is 1. The lowest BCUT2D eigenvalue weighted by Crippen LogP contribution is -2.22. The molecule has 0 aliphatic heterocycles. The van der Waals surface area contributed by atoms with Crippen LogP contribution in [0.15, 0.2) is 5.38 Å². The van der Waals surface area contributed by atoms with E-state index in [4.69, 9.17) is 10.5 Å². The van der Waals surface area contributed by atoms with E-state index in [1.807, 2.05) is 20.8 Å². The zero-order chi connectivity index (χ0) is 11.4. The number of hydrogen-bond acceptors (Lipinski definition) is 4. The maximum atomic E-state index is 5.85. The van der Waals surface area contributed by atoms with Crippen LogP contribution in [0, 0.1) is 0 Å². The monoisotopic (exact) mass is 228 g/mol. The molecule has 4 heteroatoms. The first kappa shape index (κ1) is 12.6. The Balaban J connectivity index is 2.71. The SMILES string of the molecule is CCOC(C)c1nc(C(C)C(C)N)cs1. The van der Waals surface area contributed by atoms with Gasteiger partial charge >= 0.3 is 0 Å². The second-order valence-electron chi connectivity index (χ2n) is 3.86. The maximum Gasteiger partial charge on any atom is 0.121 e. The Morgan fingerprint density at radius 2 is 2.13 bits per heavy atom. The number of hydrogen-bond donors (Lipinski definition) is 1. The molecule has 0 saturated heterocycles. The van der Waals surface area contributed by atoms with Crippen LogP contribution >= 0.6 is 11.3 Å². The number of nitrogens with zero attached hydrogens (tertiary/aromatic N) is 1. The molecule has 0 radical (unpaired) electrons. The summed E-state index contributed by atoms with van der Waals surface area (Å²) in [6.07, 6.45) is 0.0917. The number of aromatic nitrogens is 1. The highest BCUT2D eigenvalue weighted by molar-refractivity contribution is 7.09. The van der Waals surface area contributed by atoms with Crippen LogP contribution in [0.2, 0.25) is 0 Å². The highest BCUT2D eigenvalue weighted by Crippen LogP contribution is 2.25. The summed E-state index contributed by atoms with van der Waals surface area (Å²) in [7, 11) is 0. The van der Waals surface area contributed by atoms with E-state index in [0.717, 1.165) is 17.3 Å². The standard InChI is InChI=1S/C11H20N2OS/c1-5-14-9(4)11-13-10(6-15-11)7(2)8(3)12/h6-9H,5,12H2,1-4H3. The van der Waals surface area contributed by atoms with Gasteiger partial charge in [0.1, 0.15) is 11.1 Å². The fourth-order valence-corrected chi connectivity index (χ4v) is 2.21. The van der Waals surface area contributed by atoms with Crippen LogP contribution in [0.4, 0.5) is 0 Å². The molecule has 1 heterocycles. The van der Waals surface area contributed by atoms with Gasteiger partial charge < -0.3 is 10.5 Å². The second kappa shape index (κ2) is 5.58. The molecule has 1 aromatic heterocycles. The zero-order valence-electron chi connectivity index (χ0n) is 9.86. The van der Waals surface area contributed by atoms with Gasteiger partial charge in [-0.2, -0.15) is 0 Å². The van der Waals surface area contributed by atoms with Gasteiger partial charge in [0.05, 0.1) is 5.69 Å². The summed E-state index contributed by atoms with van der Waals surface area (Å²) >= 11 is 1.65. The van der Waals surface area contributed by atoms with Crippen molar-refractivity contribution in [1.29, 1.82) is 0 Å². The van der Waals surface area contributed by atoms with E-state index >= 15 is 0 Å². The molecule has 0 bridgehead atoms. The van der Waals surface area contributed by atoms with Crippen LogP contribution in [-0.2, 0) is 4.74 Å². The summed E-state index contributed by atoms with van der Waals surface area (Å²) in [5, 5.41) is 3.12. The minimum atomic E-state index is 0.0917. The highest BCUT2D eigenvalue weighted by atomic mass is 32.1. The molecular weight excluding hydrogens is 208 g/mol. The molecule has 0 amide bonds. The van der Waals surface area contributed by atoms with E-state index in [9.17, 15) is 0 Å². The average molecular weight is 228 g/mol. The Hall–Kier alpha value is -0.450. The van der Waals surface area contributed by atoms with Gasteiger partial charge in [-0.25, -0.2) is 4.98 Å². The van der Waals surface area contributed by atoms with Crippen molar-refractivity contribution in [2.45, 2.75) is 45.8 Å². The minimum Gasteiger partial charge on any atom is -0.372 e. The molecule has 3 atom stereocenters. The van der Waals surface area contributed by atoms with Crippen molar-refractivity contribution in [3.8, 4) is 0 Å². The molecule has 0 aliphatic rings. The predicted octanol–water partition coefficient (Wildman–Crippen LogP) is 2.69. The largest absolute Gasteiger partial charge is 0.372 e. The van der Waals surface area contributed by atoms with Crippen molar-refractivity contribution in [3.63, 3.8) is 0 Å². The van der Waals surface area contributed by atoms with Crippen LogP contribution in [0.1, 0.15) is 50.4 Å². The topological polar surface area (TPSA) is 48.1 Å². The first-order chi connectivity index (χ1) is 7.06. The van der Waals surface area contributed by atoms with Gasteiger partial charge in [-0.1, -0.05) is 6.92 Å². The smallest absolute Gasteiger partial charge is 0.121 e. The van der Waals surface area contributed by atoms with Crippen molar-refractivity contribution in [2.75, 3.05) is 6.61 Å². The van der Waals surface area contributed by atoms with Crippen molar-refractivity contribution < 1.29 is 4.74 Å². The summed E-state index contributed by atoms with van der Waals surface area (Å²) in [5.74, 6) is 0.309. The maximum absolute atomic E-state index is 5.85. The lowest BCUT2D eigenvalue weighted by Gasteiger charge is -2.12. The normalized spacial score (nSPS) is 17.4. The number of ether oxygens (including phenoxy) is 1. The first-order valence-corrected chi connectivity index (χ1v) is 6.26. The van der Waals surface area contributed by atoms with Crippen molar-refractivity contribution in [2.24, 2.45) is 5.73 Å². The highest BCUT2D eigenvalue weighted by Gasteiger charge is 2.16. The lowest BCUT2D eigenvalue weighted by atomic mass is 10.0. The van der Waals surface area contributed by atoms with Crippen molar-refractivity contribution in [1.82, 2.24) is 4.98 Å². The third-order valence-electron chi connectivity index (χ3n) is 2.56. The van der Waals surface area contributed by atoms with Crippen LogP contribution in [0.5, 0.6) is 0 Å². The van der Waals surface area contributed by atoms with Gasteiger partial charge in [0.2, 0.25) is 0 Å². The van der Waals surface area contributed by atoms with Crippen LogP contribution < -0.4 is 5.73 Å². The Kier molecular flexibility index (Phi) is 4.70. The van der Waals surface area contributed by atoms with Gasteiger partial charge in [0, 0.05) is 23.9 Å². The van der Waals surface area contributed by atoms with Gasteiger partial charge in [-0.15, -0.1) is 11.3 Å². The zero-order valence-corrected chi connectivity index (χ0v) is 10.7. The van der Waals surface area contributed by atoms with E-state index in [1.54, 1.807) is 11.3 Å². The van der Waals surface area contributed by atoms with E-state index in [2.05, 4.69) is 17.3 Å². The fraction of sp³-hybridized carbons (Fsp3) is 0.727. The van der Waals surface area contributed by atoms with Crippen molar-refractivity contribution >= 4 is 11.3 Å². The molecule has 0 saturated carbocycles. The molecule has 86 valence electrons. The summed E-state index contributed by atoms with van der Waals surface area (Å²) in [4.78, 5) is 4.56. The van der Waals surface area contributed by atoms with Crippen molar-refractivity contribution in [3.05, 3.63) is 16.1 Å². The van der Waals surface area contributed by atoms with Crippen LogP contribution in [0.3, 0.4) is 0 Å². The fourth-order valence-electron chi connectivity index (χ4n) is 1.29. The quantitative estimate of drug-likeness (QED) is 0.843. The molecule has 1 aromatic rings. The molecule has 15 heavy (non-hydrogen) atoms. The van der Waals surface area contributed by atoms with Crippen LogP contribution in [-0.4, -0.2) is 17.6 Å². The van der Waals surface area contributed by atoms with Gasteiger partial charge in [0.15, 0.2) is 0 Å². The summed E-state index contributed by atoms with van der Waals surface area (Å²) in [6, 6.07) is 0.141. The molecular formula is C11H20N2OS. The molecule has 1 rings (SSSR count). The molecule has 3 unspecified atom stereocenters. The van der Waals surface area contributed by atoms with Gasteiger partial charge in [0.25, 0.3) is 0 Å². The molecule has 0 spiro atoms. The molecule has 0 aliphatic carbocycles. The lowest BCUT2D eigenvalue weighted by molar-refractivity contribution is 0.0760. The summed E-state index contributed by atoms with van der Waals surface area (Å²) in [5.41, 5.74) is 6.93. The third kappa shape index (κ3) is 3.26. The Bertz CT molecular complexity index is 299. The number of rotatable bonds is 5. The predicted molar refractivity (Wildman–Crippen MR) is 64.2 cm³/mol. The van der Waals surface area contributed by atoms with E-state index in [0.29, 0.717) is 5.92 Å². The average Bonchev–Trinajstić information content (AvgIpc) is 2.65. The first-order valence-electron chi connectivity index (χ1n) is 5.38. The van der Waals surface area contributed by atoms with Gasteiger partial charge in [-0.05, 0) is 20.8 Å². The molecule has 0 aromatic carbocycles.